The maximum absolute atomic E-state index is 14.0. The fourth-order valence-electron chi connectivity index (χ4n) is 9.82. The van der Waals surface area contributed by atoms with Gasteiger partial charge >= 0.3 is 0 Å². The van der Waals surface area contributed by atoms with E-state index in [1.165, 1.54) is 36.9 Å². The van der Waals surface area contributed by atoms with Gasteiger partial charge in [0, 0.05) is 74.2 Å². The summed E-state index contributed by atoms with van der Waals surface area (Å²) in [4.78, 5) is 21.6. The minimum absolute atomic E-state index is 0.0420. The van der Waals surface area contributed by atoms with Gasteiger partial charge in [0.2, 0.25) is 0 Å². The van der Waals surface area contributed by atoms with Gasteiger partial charge in [0.05, 0.1) is 22.0 Å². The molecule has 10 heteroatoms. The average molecular weight is 766 g/mol. The average Bonchev–Trinajstić information content (AvgIpc) is 3.31. The maximum atomic E-state index is 14.0. The maximum Gasteiger partial charge on any atom is 0.262 e. The molecular formula is C43H61ClN4O4S. The van der Waals surface area contributed by atoms with Gasteiger partial charge in [-0.1, -0.05) is 56.5 Å². The Labute approximate surface area is 323 Å². The number of hydrogen-bond donors (Lipinski definition) is 1. The Bertz CT molecular complexity index is 1770. The Morgan fingerprint density at radius 3 is 2.68 bits per heavy atom. The standard InChI is InChI=1S/C43H61ClN4O4S/c1-6-10-32-23-36(44)15-16-38(32)35-26-48-25-34-13-17-39(34)43(51-4,29-46-21-22-47-20-8-7-12-37(47)27-46)19-9-11-30(2)31(3)53(5,50)45-42(49)33-14-18-41(52-28-35)40(48)24-33/h9,14-16,18-19,23-24,30-31,34-35,37,39H,5-8,10-13,17,20-22,25-29H2,1-4H3,(H,45,49,50)/b19-9+. The molecule has 53 heavy (non-hydrogen) atoms. The van der Waals surface area contributed by atoms with Gasteiger partial charge in [-0.05, 0) is 117 Å². The number of allylic oxidation sites excluding steroid dienone is 1. The molecular weight excluding hydrogens is 704 g/mol. The molecule has 0 radical (unpaired) electrons. The zero-order valence-corrected chi connectivity index (χ0v) is 33.9. The molecule has 4 aliphatic heterocycles. The number of anilines is 1. The molecule has 1 aliphatic carbocycles. The number of amides is 1. The van der Waals surface area contributed by atoms with E-state index in [0.29, 0.717) is 30.0 Å². The first-order valence-corrected chi connectivity index (χ1v) is 22.3. The monoisotopic (exact) mass is 764 g/mol. The summed E-state index contributed by atoms with van der Waals surface area (Å²) in [7, 11) is -1.04. The minimum atomic E-state index is -2.95. The number of halogens is 1. The topological polar surface area (TPSA) is 74.4 Å². The van der Waals surface area contributed by atoms with Crippen LogP contribution in [-0.2, 0) is 20.9 Å². The van der Waals surface area contributed by atoms with Crippen molar-refractivity contribution in [3.63, 3.8) is 0 Å². The molecule has 2 aromatic rings. The highest BCUT2D eigenvalue weighted by atomic mass is 35.5. The second-order valence-electron chi connectivity index (χ2n) is 16.7. The number of piperazine rings is 1. The summed E-state index contributed by atoms with van der Waals surface area (Å²) in [6.45, 7) is 13.7. The van der Waals surface area contributed by atoms with Crippen LogP contribution < -0.4 is 14.4 Å². The lowest BCUT2D eigenvalue weighted by Crippen LogP contribution is -2.61. The molecule has 2 aromatic carbocycles. The van der Waals surface area contributed by atoms with E-state index in [2.05, 4.69) is 63.4 Å². The largest absolute Gasteiger partial charge is 0.491 e. The lowest BCUT2D eigenvalue weighted by atomic mass is 9.63. The summed E-state index contributed by atoms with van der Waals surface area (Å²) in [5.41, 5.74) is 3.47. The second-order valence-corrected chi connectivity index (χ2v) is 19.5. The van der Waals surface area contributed by atoms with E-state index >= 15 is 0 Å². The van der Waals surface area contributed by atoms with E-state index in [1.54, 1.807) is 6.07 Å². The molecule has 5 aliphatic rings. The molecule has 0 spiro atoms. The molecule has 8 nitrogen and oxygen atoms in total. The number of carbonyl (C=O) groups is 1. The Morgan fingerprint density at radius 2 is 1.91 bits per heavy atom. The van der Waals surface area contributed by atoms with Crippen molar-refractivity contribution in [2.45, 2.75) is 94.9 Å². The second kappa shape index (κ2) is 16.3. The molecule has 2 bridgehead atoms. The predicted octanol–water partition coefficient (Wildman–Crippen LogP) is 7.20. The normalized spacial score (nSPS) is 34.8. The summed E-state index contributed by atoms with van der Waals surface area (Å²) in [5, 5.41) is 0.433. The molecule has 8 unspecified atom stereocenters. The zero-order valence-electron chi connectivity index (χ0n) is 32.4. The lowest BCUT2D eigenvalue weighted by Gasteiger charge is -2.53. The van der Waals surface area contributed by atoms with Crippen LogP contribution in [0.15, 0.2) is 48.6 Å². The Morgan fingerprint density at radius 1 is 1.06 bits per heavy atom. The third-order valence-electron chi connectivity index (χ3n) is 13.4. The Kier molecular flexibility index (Phi) is 11.9. The number of benzene rings is 2. The molecule has 7 rings (SSSR count). The summed E-state index contributed by atoms with van der Waals surface area (Å²) in [6, 6.07) is 12.6. The number of ether oxygens (including phenoxy) is 2. The van der Waals surface area contributed by atoms with Crippen molar-refractivity contribution in [3.8, 4) is 5.75 Å². The van der Waals surface area contributed by atoms with Crippen molar-refractivity contribution in [1.82, 2.24) is 14.5 Å². The fourth-order valence-corrected chi connectivity index (χ4v) is 11.5. The Balaban J connectivity index is 1.27. The van der Waals surface area contributed by atoms with Crippen LogP contribution in [0.1, 0.15) is 93.1 Å². The van der Waals surface area contributed by atoms with Crippen LogP contribution in [0.25, 0.3) is 0 Å². The molecule has 8 atom stereocenters. The Hall–Kier alpha value is -2.56. The minimum Gasteiger partial charge on any atom is -0.491 e. The summed E-state index contributed by atoms with van der Waals surface area (Å²) < 4.78 is 30.3. The van der Waals surface area contributed by atoms with Crippen molar-refractivity contribution >= 4 is 38.8 Å². The smallest absolute Gasteiger partial charge is 0.262 e. The summed E-state index contributed by atoms with van der Waals surface area (Å²) >= 11 is 6.52. The third kappa shape index (κ3) is 8.21. The summed E-state index contributed by atoms with van der Waals surface area (Å²) in [5.74, 6) is 5.36. The van der Waals surface area contributed by atoms with E-state index in [0.717, 1.165) is 87.8 Å². The van der Waals surface area contributed by atoms with Crippen LogP contribution in [0.5, 0.6) is 5.75 Å². The van der Waals surface area contributed by atoms with Crippen LogP contribution in [0.2, 0.25) is 5.02 Å². The fraction of sp³-hybridized carbons (Fsp3) is 0.628. The highest BCUT2D eigenvalue weighted by molar-refractivity contribution is 7.99. The summed E-state index contributed by atoms with van der Waals surface area (Å²) in [6.07, 6.45) is 13.5. The first-order chi connectivity index (χ1) is 25.5. The molecule has 2 saturated heterocycles. The number of carbonyl (C=O) groups excluding carboxylic acids is 1. The van der Waals surface area contributed by atoms with Crippen LogP contribution >= 0.6 is 11.6 Å². The molecule has 1 N–H and O–H groups in total. The van der Waals surface area contributed by atoms with Crippen LogP contribution in [0.4, 0.5) is 5.69 Å². The number of methoxy groups -OCH3 is 1. The van der Waals surface area contributed by atoms with Gasteiger partial charge < -0.3 is 14.4 Å². The van der Waals surface area contributed by atoms with Gasteiger partial charge in [-0.2, -0.15) is 0 Å². The van der Waals surface area contributed by atoms with Gasteiger partial charge in [0.15, 0.2) is 0 Å². The van der Waals surface area contributed by atoms with Crippen LogP contribution in [0.3, 0.4) is 0 Å². The number of piperidine rings is 1. The first kappa shape index (κ1) is 38.7. The first-order valence-electron chi connectivity index (χ1n) is 20.2. The zero-order chi connectivity index (χ0) is 37.3. The lowest BCUT2D eigenvalue weighted by molar-refractivity contribution is -0.1000. The molecule has 290 valence electrons. The highest BCUT2D eigenvalue weighted by Crippen LogP contribution is 2.47. The van der Waals surface area contributed by atoms with Gasteiger partial charge in [-0.25, -0.2) is 4.21 Å². The molecule has 1 amide bonds. The number of nitrogens with one attached hydrogen (secondary N) is 1. The van der Waals surface area contributed by atoms with E-state index in [-0.39, 0.29) is 23.0 Å². The van der Waals surface area contributed by atoms with E-state index in [4.69, 9.17) is 21.1 Å². The predicted molar refractivity (Wildman–Crippen MR) is 219 cm³/mol. The molecule has 0 aromatic heterocycles. The number of nitrogens with zero attached hydrogens (tertiary/aromatic N) is 3. The number of fused-ring (bicyclic) bond motifs is 3. The number of hydrogen-bond acceptors (Lipinski definition) is 7. The van der Waals surface area contributed by atoms with E-state index in [1.807, 2.05) is 32.2 Å². The van der Waals surface area contributed by atoms with Crippen molar-refractivity contribution in [2.24, 2.45) is 17.8 Å². The van der Waals surface area contributed by atoms with Crippen LogP contribution in [-0.4, -0.2) is 102 Å². The van der Waals surface area contributed by atoms with Crippen molar-refractivity contribution in [3.05, 3.63) is 70.3 Å². The van der Waals surface area contributed by atoms with E-state index in [9.17, 15) is 9.00 Å². The molecule has 4 heterocycles. The van der Waals surface area contributed by atoms with Crippen molar-refractivity contribution in [2.75, 3.05) is 64.4 Å². The van der Waals surface area contributed by atoms with Gasteiger partial charge in [-0.15, -0.1) is 0 Å². The van der Waals surface area contributed by atoms with Crippen LogP contribution in [0, 0.1) is 17.8 Å². The van der Waals surface area contributed by atoms with Gasteiger partial charge in [0.25, 0.3) is 5.91 Å². The molecule has 3 fully saturated rings. The quantitative estimate of drug-likeness (QED) is 0.247. The van der Waals surface area contributed by atoms with E-state index < -0.39 is 15.3 Å². The third-order valence-corrected chi connectivity index (χ3v) is 15.8. The highest BCUT2D eigenvalue weighted by Gasteiger charge is 2.49. The van der Waals surface area contributed by atoms with Crippen molar-refractivity contribution < 1.29 is 18.5 Å². The van der Waals surface area contributed by atoms with Gasteiger partial charge in [-0.3, -0.25) is 19.3 Å². The van der Waals surface area contributed by atoms with Crippen molar-refractivity contribution in [1.29, 1.82) is 0 Å². The number of rotatable bonds is 6. The number of aryl methyl sites for hydroxylation is 1. The molecule has 1 saturated carbocycles. The van der Waals surface area contributed by atoms with Gasteiger partial charge in [0.1, 0.15) is 11.4 Å². The SMILES string of the molecule is C=S1(=O)NC(=O)c2ccc3c(c2)N(CC(c2ccc(Cl)cc2CCC)CO3)CC2CCC2C(CN2CCN3CCCCC3C2)(OC)/C=C/CC(C)C1C.